The lowest BCUT2D eigenvalue weighted by atomic mass is 9.98. The molecule has 0 bridgehead atoms. The Morgan fingerprint density at radius 1 is 1.12 bits per heavy atom. The third-order valence-corrected chi connectivity index (χ3v) is 9.00. The summed E-state index contributed by atoms with van der Waals surface area (Å²) < 4.78 is 45.7. The van der Waals surface area contributed by atoms with Crippen LogP contribution in [0.2, 0.25) is 0 Å². The van der Waals surface area contributed by atoms with Gasteiger partial charge >= 0.3 is 6.03 Å². The maximum absolute atomic E-state index is 14.3. The molecule has 9 heteroatoms. The number of benzene rings is 1. The number of unbranched alkanes of at least 4 members (excludes halogenated alkanes) is 2. The van der Waals surface area contributed by atoms with E-state index in [0.717, 1.165) is 31.2 Å². The van der Waals surface area contributed by atoms with Gasteiger partial charge < -0.3 is 9.64 Å². The number of hydrogen-bond acceptors (Lipinski definition) is 5. The topological polar surface area (TPSA) is 92.8 Å². The molecule has 1 aromatic rings. The van der Waals surface area contributed by atoms with Crippen LogP contribution in [0.4, 0.5) is 9.18 Å². The molecule has 0 spiro atoms. The van der Waals surface area contributed by atoms with E-state index < -0.39 is 21.1 Å². The molecule has 1 heterocycles. The third kappa shape index (κ3) is 6.25. The lowest BCUT2D eigenvalue weighted by Gasteiger charge is -2.18. The molecular weight excluding hydrogens is 447 g/mol. The number of rotatable bonds is 12. The van der Waals surface area contributed by atoms with Crippen LogP contribution in [0.1, 0.15) is 63.4 Å². The number of nitrogens with zero attached hydrogens (tertiary/aromatic N) is 1. The molecule has 3 amide bonds. The van der Waals surface area contributed by atoms with Crippen molar-refractivity contribution in [2.75, 3.05) is 31.2 Å². The average molecular weight is 481 g/mol. The second kappa shape index (κ2) is 9.99. The summed E-state index contributed by atoms with van der Waals surface area (Å²) in [6, 6.07) is 4.41. The molecule has 1 aliphatic heterocycles. The van der Waals surface area contributed by atoms with Gasteiger partial charge in [0.05, 0.1) is 18.1 Å². The summed E-state index contributed by atoms with van der Waals surface area (Å²) in [5.41, 5.74) is 0.407. The van der Waals surface area contributed by atoms with E-state index in [1.807, 2.05) is 0 Å². The van der Waals surface area contributed by atoms with Crippen molar-refractivity contribution in [3.63, 3.8) is 0 Å². The minimum Gasteiger partial charge on any atom is -0.490 e. The van der Waals surface area contributed by atoms with Crippen LogP contribution in [0.5, 0.6) is 5.75 Å². The van der Waals surface area contributed by atoms with Gasteiger partial charge in [0, 0.05) is 12.0 Å². The molecule has 0 atom stereocenters. The molecule has 2 aliphatic carbocycles. The molecule has 0 unspecified atom stereocenters. The smallest absolute Gasteiger partial charge is 0.324 e. The fraction of sp³-hybridized carbons (Fsp3) is 0.667. The highest BCUT2D eigenvalue weighted by Gasteiger charge is 2.47. The Kier molecular flexibility index (Phi) is 7.26. The number of sulfone groups is 1. The maximum Gasteiger partial charge on any atom is 0.324 e. The molecule has 1 saturated heterocycles. The summed E-state index contributed by atoms with van der Waals surface area (Å²) in [5, 5.41) is 2.23. The Morgan fingerprint density at radius 3 is 2.55 bits per heavy atom. The van der Waals surface area contributed by atoms with Gasteiger partial charge in [0.2, 0.25) is 5.91 Å². The summed E-state index contributed by atoms with van der Waals surface area (Å²) in [7, 11) is -3.27. The number of halogens is 1. The zero-order valence-corrected chi connectivity index (χ0v) is 19.8. The fourth-order valence-corrected chi connectivity index (χ4v) is 7.04. The lowest BCUT2D eigenvalue weighted by molar-refractivity contribution is -0.118. The van der Waals surface area contributed by atoms with E-state index in [-0.39, 0.29) is 35.7 Å². The molecule has 33 heavy (non-hydrogen) atoms. The first kappa shape index (κ1) is 24.0. The summed E-state index contributed by atoms with van der Waals surface area (Å²) >= 11 is 0. The number of carbonyl (C=O) groups excluding carboxylic acids is 2. The van der Waals surface area contributed by atoms with Crippen LogP contribution in [0.3, 0.4) is 0 Å². The van der Waals surface area contributed by atoms with Crippen molar-refractivity contribution in [1.82, 2.24) is 10.2 Å². The maximum atomic E-state index is 14.3. The van der Waals surface area contributed by atoms with E-state index in [4.69, 9.17) is 4.74 Å². The molecule has 1 aromatic carbocycles. The lowest BCUT2D eigenvalue weighted by Crippen LogP contribution is -2.29. The SMILES string of the molecule is O=C1CN(CCCCCS(=O)(=O)CC2(c3ccc(F)c(OCC4CCCC4)c3)CC2)C(=O)N1. The predicted molar refractivity (Wildman–Crippen MR) is 122 cm³/mol. The second-order valence-electron chi connectivity index (χ2n) is 9.81. The molecule has 182 valence electrons. The Balaban J connectivity index is 1.26. The van der Waals surface area contributed by atoms with Crippen molar-refractivity contribution in [3.8, 4) is 5.75 Å². The normalized spacial score (nSPS) is 20.3. The quantitative estimate of drug-likeness (QED) is 0.365. The summed E-state index contributed by atoms with van der Waals surface area (Å²) in [6.07, 6.45) is 8.02. The first-order chi connectivity index (χ1) is 15.8. The highest BCUT2D eigenvalue weighted by molar-refractivity contribution is 7.91. The van der Waals surface area contributed by atoms with E-state index in [0.29, 0.717) is 38.3 Å². The van der Waals surface area contributed by atoms with Gasteiger partial charge in [-0.15, -0.1) is 0 Å². The highest BCUT2D eigenvalue weighted by Crippen LogP contribution is 2.50. The summed E-state index contributed by atoms with van der Waals surface area (Å²) in [5.74, 6) is 0.160. The standard InChI is InChI=1S/C24H33FN2O5S/c25-20-9-8-19(14-21(20)32-16-18-6-2-3-7-18)24(10-11-24)17-33(30,31)13-5-1-4-12-27-15-22(28)26-23(27)29/h8-9,14,18H,1-7,10-13,15-17H2,(H,26,28,29). The number of amides is 3. The summed E-state index contributed by atoms with van der Waals surface area (Å²) in [4.78, 5) is 24.2. The van der Waals surface area contributed by atoms with E-state index >= 15 is 0 Å². The molecule has 3 aliphatic rings. The predicted octanol–water partition coefficient (Wildman–Crippen LogP) is 3.56. The van der Waals surface area contributed by atoms with E-state index in [1.54, 1.807) is 12.1 Å². The van der Waals surface area contributed by atoms with Crippen LogP contribution >= 0.6 is 0 Å². The van der Waals surface area contributed by atoms with Crippen molar-refractivity contribution in [2.24, 2.45) is 5.92 Å². The van der Waals surface area contributed by atoms with Gasteiger partial charge in [-0.1, -0.05) is 25.3 Å². The van der Waals surface area contributed by atoms with Gasteiger partial charge in [-0.05, 0) is 62.1 Å². The molecule has 2 saturated carbocycles. The van der Waals surface area contributed by atoms with Crippen LogP contribution in [0, 0.1) is 11.7 Å². The van der Waals surface area contributed by atoms with Crippen LogP contribution in [0.25, 0.3) is 0 Å². The van der Waals surface area contributed by atoms with Crippen molar-refractivity contribution in [1.29, 1.82) is 0 Å². The first-order valence-electron chi connectivity index (χ1n) is 12.0. The number of imide groups is 1. The molecule has 3 fully saturated rings. The highest BCUT2D eigenvalue weighted by atomic mass is 32.2. The first-order valence-corrected chi connectivity index (χ1v) is 13.8. The monoisotopic (exact) mass is 480 g/mol. The van der Waals surface area contributed by atoms with Gasteiger partial charge in [0.1, 0.15) is 6.54 Å². The number of hydrogen-bond donors (Lipinski definition) is 1. The third-order valence-electron chi connectivity index (χ3n) is 7.09. The molecule has 0 aromatic heterocycles. The van der Waals surface area contributed by atoms with Crippen molar-refractivity contribution in [3.05, 3.63) is 29.6 Å². The van der Waals surface area contributed by atoms with E-state index in [1.165, 1.54) is 23.8 Å². The van der Waals surface area contributed by atoms with Crippen molar-refractivity contribution < 1.29 is 27.1 Å². The number of urea groups is 1. The number of ether oxygens (including phenoxy) is 1. The summed E-state index contributed by atoms with van der Waals surface area (Å²) in [6.45, 7) is 1.03. The van der Waals surface area contributed by atoms with Crippen molar-refractivity contribution >= 4 is 21.8 Å². The molecule has 0 radical (unpaired) electrons. The van der Waals surface area contributed by atoms with Gasteiger partial charge in [-0.3, -0.25) is 10.1 Å². The molecule has 1 N–H and O–H groups in total. The molecular formula is C24H33FN2O5S. The van der Waals surface area contributed by atoms with E-state index in [9.17, 15) is 22.4 Å². The minimum absolute atomic E-state index is 0.0662. The zero-order valence-electron chi connectivity index (χ0n) is 19.0. The number of carbonyl (C=O) groups is 2. The van der Waals surface area contributed by atoms with Crippen LogP contribution in [-0.4, -0.2) is 56.5 Å². The second-order valence-corrected chi connectivity index (χ2v) is 12.0. The van der Waals surface area contributed by atoms with Crippen LogP contribution in [0.15, 0.2) is 18.2 Å². The Bertz CT molecular complexity index is 987. The van der Waals surface area contributed by atoms with Gasteiger partial charge in [-0.25, -0.2) is 17.6 Å². The minimum atomic E-state index is -3.27. The average Bonchev–Trinajstić information content (AvgIpc) is 3.18. The Morgan fingerprint density at radius 2 is 1.88 bits per heavy atom. The molecule has 7 nitrogen and oxygen atoms in total. The van der Waals surface area contributed by atoms with Gasteiger partial charge in [0.25, 0.3) is 0 Å². The largest absolute Gasteiger partial charge is 0.490 e. The molecule has 4 rings (SSSR count). The fourth-order valence-electron chi connectivity index (χ4n) is 4.95. The van der Waals surface area contributed by atoms with Crippen LogP contribution < -0.4 is 10.1 Å². The van der Waals surface area contributed by atoms with E-state index in [2.05, 4.69) is 5.32 Å². The van der Waals surface area contributed by atoms with Gasteiger partial charge in [-0.2, -0.15) is 0 Å². The van der Waals surface area contributed by atoms with Crippen molar-refractivity contribution in [2.45, 2.75) is 63.2 Å². The van der Waals surface area contributed by atoms with Gasteiger partial charge in [0.15, 0.2) is 21.4 Å². The zero-order chi connectivity index (χ0) is 23.5. The number of nitrogens with one attached hydrogen (secondary N) is 1. The Labute approximate surface area is 195 Å². The van der Waals surface area contributed by atoms with Crippen LogP contribution in [-0.2, 0) is 20.0 Å². The Hall–Kier alpha value is -2.16.